The van der Waals surface area contributed by atoms with E-state index in [0.29, 0.717) is 22.9 Å². The van der Waals surface area contributed by atoms with E-state index in [0.717, 1.165) is 10.6 Å². The van der Waals surface area contributed by atoms with Gasteiger partial charge in [-0.25, -0.2) is 8.42 Å². The van der Waals surface area contributed by atoms with Gasteiger partial charge in [0.2, 0.25) is 15.9 Å². The SMILES string of the molecule is COC[C@@H](C)NC(=O)CN(c1cc(Cl)ccc1C)S(C)(=O)=O. The molecule has 1 amide bonds. The van der Waals surface area contributed by atoms with Crippen molar-refractivity contribution in [3.8, 4) is 0 Å². The van der Waals surface area contributed by atoms with Crippen LogP contribution in [0.25, 0.3) is 0 Å². The lowest BCUT2D eigenvalue weighted by atomic mass is 10.2. The van der Waals surface area contributed by atoms with E-state index in [1.54, 1.807) is 26.0 Å². The number of hydrogen-bond acceptors (Lipinski definition) is 4. The lowest BCUT2D eigenvalue weighted by Gasteiger charge is -2.24. The summed E-state index contributed by atoms with van der Waals surface area (Å²) in [5.41, 5.74) is 1.11. The smallest absolute Gasteiger partial charge is 0.241 e. The molecule has 124 valence electrons. The van der Waals surface area contributed by atoms with Crippen LogP contribution in [0.15, 0.2) is 18.2 Å². The van der Waals surface area contributed by atoms with E-state index >= 15 is 0 Å². The zero-order valence-electron chi connectivity index (χ0n) is 13.1. The largest absolute Gasteiger partial charge is 0.383 e. The normalized spacial score (nSPS) is 12.8. The van der Waals surface area contributed by atoms with Gasteiger partial charge in [-0.3, -0.25) is 9.10 Å². The van der Waals surface area contributed by atoms with Crippen molar-refractivity contribution in [3.63, 3.8) is 0 Å². The molecule has 0 spiro atoms. The number of anilines is 1. The van der Waals surface area contributed by atoms with Crippen molar-refractivity contribution in [2.45, 2.75) is 19.9 Å². The van der Waals surface area contributed by atoms with Crippen LogP contribution in [0.4, 0.5) is 5.69 Å². The molecule has 1 aromatic rings. The topological polar surface area (TPSA) is 75.7 Å². The third-order valence-corrected chi connectivity index (χ3v) is 4.31. The summed E-state index contributed by atoms with van der Waals surface area (Å²) in [6, 6.07) is 4.70. The number of nitrogens with one attached hydrogen (secondary N) is 1. The molecule has 1 rings (SSSR count). The molecule has 1 N–H and O–H groups in total. The maximum atomic E-state index is 12.0. The summed E-state index contributed by atoms with van der Waals surface area (Å²) in [6.45, 7) is 3.57. The van der Waals surface area contributed by atoms with Crippen LogP contribution in [0.3, 0.4) is 0 Å². The van der Waals surface area contributed by atoms with E-state index < -0.39 is 15.9 Å². The Bertz CT molecular complexity index is 634. The van der Waals surface area contributed by atoms with Crippen molar-refractivity contribution in [1.82, 2.24) is 5.32 Å². The average molecular weight is 349 g/mol. The van der Waals surface area contributed by atoms with Gasteiger partial charge in [-0.2, -0.15) is 0 Å². The van der Waals surface area contributed by atoms with Crippen LogP contribution in [0, 0.1) is 6.92 Å². The van der Waals surface area contributed by atoms with Gasteiger partial charge in [-0.05, 0) is 31.5 Å². The van der Waals surface area contributed by atoms with Gasteiger partial charge >= 0.3 is 0 Å². The minimum Gasteiger partial charge on any atom is -0.383 e. The van der Waals surface area contributed by atoms with Gasteiger partial charge in [0.1, 0.15) is 6.54 Å². The highest BCUT2D eigenvalue weighted by molar-refractivity contribution is 7.92. The van der Waals surface area contributed by atoms with E-state index in [1.165, 1.54) is 13.2 Å². The van der Waals surface area contributed by atoms with Crippen LogP contribution in [-0.4, -0.2) is 46.9 Å². The monoisotopic (exact) mass is 348 g/mol. The van der Waals surface area contributed by atoms with Crippen LogP contribution < -0.4 is 9.62 Å². The third-order valence-electron chi connectivity index (χ3n) is 2.95. The number of ether oxygens (including phenoxy) is 1. The molecule has 0 aromatic heterocycles. The Morgan fingerprint density at radius 1 is 1.45 bits per heavy atom. The molecule has 0 aliphatic heterocycles. The Kier molecular flexibility index (Phi) is 6.65. The minimum absolute atomic E-state index is 0.209. The molecular formula is C14H21ClN2O4S. The van der Waals surface area contributed by atoms with Crippen LogP contribution >= 0.6 is 11.6 Å². The zero-order chi connectivity index (χ0) is 16.9. The number of halogens is 1. The summed E-state index contributed by atoms with van der Waals surface area (Å²) < 4.78 is 30.0. The van der Waals surface area contributed by atoms with E-state index in [-0.39, 0.29) is 12.6 Å². The minimum atomic E-state index is -3.62. The highest BCUT2D eigenvalue weighted by Gasteiger charge is 2.23. The Labute approximate surface area is 136 Å². The highest BCUT2D eigenvalue weighted by atomic mass is 35.5. The first-order valence-corrected chi connectivity index (χ1v) is 8.90. The summed E-state index contributed by atoms with van der Waals surface area (Å²) in [7, 11) is -2.09. The number of nitrogens with zero attached hydrogens (tertiary/aromatic N) is 1. The predicted octanol–water partition coefficient (Wildman–Crippen LogP) is 1.57. The van der Waals surface area contributed by atoms with Gasteiger partial charge in [0.15, 0.2) is 0 Å². The molecule has 0 aliphatic rings. The van der Waals surface area contributed by atoms with Gasteiger partial charge in [-0.1, -0.05) is 17.7 Å². The summed E-state index contributed by atoms with van der Waals surface area (Å²) in [4.78, 5) is 12.0. The van der Waals surface area contributed by atoms with Crippen LogP contribution in [0.1, 0.15) is 12.5 Å². The standard InChI is InChI=1S/C14H21ClN2O4S/c1-10-5-6-12(15)7-13(10)17(22(4,19)20)8-14(18)16-11(2)9-21-3/h5-7,11H,8-9H2,1-4H3,(H,16,18)/t11-/m1/s1. The van der Waals surface area contributed by atoms with Gasteiger partial charge < -0.3 is 10.1 Å². The van der Waals surface area contributed by atoms with Crippen LogP contribution in [-0.2, 0) is 19.6 Å². The van der Waals surface area contributed by atoms with E-state index in [1.807, 2.05) is 0 Å². The molecule has 1 atom stereocenters. The van der Waals surface area contributed by atoms with E-state index in [2.05, 4.69) is 5.32 Å². The summed E-state index contributed by atoms with van der Waals surface area (Å²) in [5, 5.41) is 3.09. The van der Waals surface area contributed by atoms with Crippen LogP contribution in [0.5, 0.6) is 0 Å². The number of carbonyl (C=O) groups is 1. The molecule has 0 saturated carbocycles. The number of benzene rings is 1. The van der Waals surface area contributed by atoms with Crippen molar-refractivity contribution >= 4 is 33.2 Å². The summed E-state index contributed by atoms with van der Waals surface area (Å²) in [6.07, 6.45) is 1.05. The maximum Gasteiger partial charge on any atom is 0.241 e. The first-order chi connectivity index (χ1) is 10.1. The Morgan fingerprint density at radius 2 is 2.09 bits per heavy atom. The number of amides is 1. The summed E-state index contributed by atoms with van der Waals surface area (Å²) in [5.74, 6) is -0.408. The number of hydrogen-bond donors (Lipinski definition) is 1. The average Bonchev–Trinajstić information content (AvgIpc) is 2.38. The second kappa shape index (κ2) is 7.80. The van der Waals surface area contributed by atoms with Crippen molar-refractivity contribution in [2.75, 3.05) is 30.8 Å². The molecular weight excluding hydrogens is 328 g/mol. The maximum absolute atomic E-state index is 12.0. The number of carbonyl (C=O) groups excluding carboxylic acids is 1. The molecule has 0 heterocycles. The van der Waals surface area contributed by atoms with Crippen molar-refractivity contribution in [3.05, 3.63) is 28.8 Å². The molecule has 0 unspecified atom stereocenters. The third kappa shape index (κ3) is 5.47. The molecule has 0 radical (unpaired) electrons. The predicted molar refractivity (Wildman–Crippen MR) is 87.9 cm³/mol. The van der Waals surface area contributed by atoms with Gasteiger partial charge in [0, 0.05) is 18.2 Å². The van der Waals surface area contributed by atoms with E-state index in [4.69, 9.17) is 16.3 Å². The molecule has 0 saturated heterocycles. The Balaban J connectivity index is 3.01. The zero-order valence-corrected chi connectivity index (χ0v) is 14.7. The first-order valence-electron chi connectivity index (χ1n) is 6.67. The summed E-state index contributed by atoms with van der Waals surface area (Å²) >= 11 is 5.93. The molecule has 22 heavy (non-hydrogen) atoms. The highest BCUT2D eigenvalue weighted by Crippen LogP contribution is 2.26. The van der Waals surface area contributed by atoms with Gasteiger partial charge in [-0.15, -0.1) is 0 Å². The lowest BCUT2D eigenvalue weighted by Crippen LogP contribution is -2.44. The number of rotatable bonds is 7. The van der Waals surface area contributed by atoms with Gasteiger partial charge in [0.05, 0.1) is 18.6 Å². The number of methoxy groups -OCH3 is 1. The fourth-order valence-corrected chi connectivity index (χ4v) is 3.05. The lowest BCUT2D eigenvalue weighted by molar-refractivity contribution is -0.120. The molecule has 1 aromatic carbocycles. The van der Waals surface area contributed by atoms with Crippen molar-refractivity contribution < 1.29 is 17.9 Å². The Hall–Kier alpha value is -1.31. The molecule has 8 heteroatoms. The fourth-order valence-electron chi connectivity index (χ4n) is 1.97. The molecule has 0 fully saturated rings. The van der Waals surface area contributed by atoms with Crippen molar-refractivity contribution in [1.29, 1.82) is 0 Å². The molecule has 6 nitrogen and oxygen atoms in total. The number of aryl methyl sites for hydroxylation is 1. The fraction of sp³-hybridized carbons (Fsp3) is 0.500. The second-order valence-corrected chi connectivity index (χ2v) is 7.47. The van der Waals surface area contributed by atoms with E-state index in [9.17, 15) is 13.2 Å². The quantitative estimate of drug-likeness (QED) is 0.811. The Morgan fingerprint density at radius 3 is 2.64 bits per heavy atom. The number of sulfonamides is 1. The van der Waals surface area contributed by atoms with Crippen LogP contribution in [0.2, 0.25) is 5.02 Å². The van der Waals surface area contributed by atoms with Crippen molar-refractivity contribution in [2.24, 2.45) is 0 Å². The molecule has 0 bridgehead atoms. The van der Waals surface area contributed by atoms with Gasteiger partial charge in [0.25, 0.3) is 0 Å². The molecule has 0 aliphatic carbocycles. The second-order valence-electron chi connectivity index (χ2n) is 5.12. The first kappa shape index (κ1) is 18.7.